The molecule has 1 atom stereocenters. The van der Waals surface area contributed by atoms with Crippen LogP contribution in [-0.2, 0) is 13.8 Å². The fourth-order valence-corrected chi connectivity index (χ4v) is 4.25. The molecule has 2 aromatic rings. The standard InChI is InChI=1S/C17H20FO4PS/c1-4-9-20-17(19)15-11-13-10-12(7-8-14(13)24-15)16(18)23(21-5-2)22-6-3/h4,7-8,10-11,16H,1,5-6,9H2,2-3H3. The first-order valence-corrected chi connectivity index (χ1v) is 9.67. The van der Waals surface area contributed by atoms with E-state index in [-0.39, 0.29) is 6.61 Å². The summed E-state index contributed by atoms with van der Waals surface area (Å²) < 4.78 is 31.4. The van der Waals surface area contributed by atoms with Crippen molar-refractivity contribution in [3.8, 4) is 0 Å². The predicted molar refractivity (Wildman–Crippen MR) is 96.3 cm³/mol. The Labute approximate surface area is 146 Å². The van der Waals surface area contributed by atoms with Gasteiger partial charge in [-0.15, -0.1) is 11.3 Å². The van der Waals surface area contributed by atoms with Gasteiger partial charge in [-0.1, -0.05) is 18.7 Å². The van der Waals surface area contributed by atoms with E-state index in [2.05, 4.69) is 6.58 Å². The van der Waals surface area contributed by atoms with Gasteiger partial charge in [0, 0.05) is 4.70 Å². The molecule has 0 saturated heterocycles. The third-order valence-corrected chi connectivity index (χ3v) is 5.84. The van der Waals surface area contributed by atoms with Gasteiger partial charge in [-0.2, -0.15) is 0 Å². The zero-order valence-corrected chi connectivity index (χ0v) is 15.4. The summed E-state index contributed by atoms with van der Waals surface area (Å²) in [5.74, 6) is -1.74. The van der Waals surface area contributed by atoms with Crippen LogP contribution in [0.4, 0.5) is 4.39 Å². The monoisotopic (exact) mass is 370 g/mol. The van der Waals surface area contributed by atoms with Crippen LogP contribution < -0.4 is 0 Å². The number of carbonyl (C=O) groups excluding carboxylic acids is 1. The van der Waals surface area contributed by atoms with Crippen LogP contribution in [-0.4, -0.2) is 25.8 Å². The molecule has 0 aliphatic heterocycles. The molecule has 1 heterocycles. The maximum absolute atomic E-state index is 14.7. The molecule has 0 bridgehead atoms. The fraction of sp³-hybridized carbons (Fsp3) is 0.353. The number of carbonyl (C=O) groups is 1. The number of thiophene rings is 1. The van der Waals surface area contributed by atoms with Crippen molar-refractivity contribution in [2.75, 3.05) is 19.8 Å². The molecule has 2 rings (SSSR count). The van der Waals surface area contributed by atoms with Crippen LogP contribution in [0, 0.1) is 0 Å². The molecule has 0 N–H and O–H groups in total. The highest BCUT2D eigenvalue weighted by molar-refractivity contribution is 7.47. The lowest BCUT2D eigenvalue weighted by molar-refractivity contribution is 0.0555. The van der Waals surface area contributed by atoms with Crippen LogP contribution in [0.3, 0.4) is 0 Å². The molecule has 0 aliphatic carbocycles. The fourth-order valence-electron chi connectivity index (χ4n) is 2.06. The molecule has 7 heteroatoms. The number of ether oxygens (including phenoxy) is 1. The van der Waals surface area contributed by atoms with E-state index in [1.165, 1.54) is 17.4 Å². The number of fused-ring (bicyclic) bond motifs is 1. The molecule has 0 fully saturated rings. The van der Waals surface area contributed by atoms with Gasteiger partial charge in [-0.25, -0.2) is 9.18 Å². The van der Waals surface area contributed by atoms with Gasteiger partial charge in [-0.3, -0.25) is 0 Å². The first-order valence-electron chi connectivity index (χ1n) is 7.61. The van der Waals surface area contributed by atoms with Crippen molar-refractivity contribution >= 4 is 35.8 Å². The number of hydrogen-bond acceptors (Lipinski definition) is 5. The van der Waals surface area contributed by atoms with E-state index in [0.29, 0.717) is 23.7 Å². The Morgan fingerprint density at radius 2 is 2.04 bits per heavy atom. The Morgan fingerprint density at radius 3 is 2.67 bits per heavy atom. The summed E-state index contributed by atoms with van der Waals surface area (Å²) in [6.45, 7) is 8.08. The third kappa shape index (κ3) is 4.61. The highest BCUT2D eigenvalue weighted by Gasteiger charge is 2.25. The molecule has 0 spiro atoms. The number of halogens is 1. The lowest BCUT2D eigenvalue weighted by Crippen LogP contribution is -2.02. The summed E-state index contributed by atoms with van der Waals surface area (Å²) in [4.78, 5) is 12.4. The first-order chi connectivity index (χ1) is 11.6. The van der Waals surface area contributed by atoms with Gasteiger partial charge in [0.25, 0.3) is 0 Å². The van der Waals surface area contributed by atoms with Gasteiger partial charge >= 0.3 is 5.97 Å². The maximum atomic E-state index is 14.7. The molecule has 130 valence electrons. The summed E-state index contributed by atoms with van der Waals surface area (Å²) in [5, 5.41) is 0.800. The lowest BCUT2D eigenvalue weighted by Gasteiger charge is -2.19. The summed E-state index contributed by atoms with van der Waals surface area (Å²) >= 11 is 1.32. The molecule has 1 unspecified atom stereocenters. The van der Waals surface area contributed by atoms with Crippen molar-refractivity contribution < 1.29 is 23.0 Å². The Kier molecular flexibility index (Phi) is 7.31. The van der Waals surface area contributed by atoms with Crippen LogP contribution in [0.15, 0.2) is 36.9 Å². The molecular weight excluding hydrogens is 350 g/mol. The summed E-state index contributed by atoms with van der Waals surface area (Å²) in [6.07, 6.45) is 1.51. The summed E-state index contributed by atoms with van der Waals surface area (Å²) in [7, 11) is -1.63. The van der Waals surface area contributed by atoms with E-state index in [4.69, 9.17) is 13.8 Å². The van der Waals surface area contributed by atoms with Crippen molar-refractivity contribution in [1.29, 1.82) is 0 Å². The Hall–Kier alpha value is -1.33. The van der Waals surface area contributed by atoms with Crippen LogP contribution in [0.1, 0.15) is 35.0 Å². The molecular formula is C17H20FO4PS. The third-order valence-electron chi connectivity index (χ3n) is 3.05. The number of alkyl halides is 1. The minimum atomic E-state index is -1.63. The zero-order chi connectivity index (χ0) is 17.5. The van der Waals surface area contributed by atoms with Gasteiger partial charge in [0.1, 0.15) is 11.5 Å². The molecule has 0 amide bonds. The molecule has 1 aromatic carbocycles. The van der Waals surface area contributed by atoms with Gasteiger partial charge in [0.15, 0.2) is 5.91 Å². The van der Waals surface area contributed by atoms with E-state index in [1.807, 2.05) is 13.8 Å². The smallest absolute Gasteiger partial charge is 0.348 e. The SMILES string of the molecule is C=CCOC(=O)c1cc2cc(C(F)P(OCC)OCC)ccc2s1. The normalized spacial score (nSPS) is 12.5. The Bertz CT molecular complexity index is 697. The minimum absolute atomic E-state index is 0.165. The van der Waals surface area contributed by atoms with Crippen molar-refractivity contribution in [1.82, 2.24) is 0 Å². The van der Waals surface area contributed by atoms with E-state index >= 15 is 0 Å². The van der Waals surface area contributed by atoms with Crippen LogP contribution >= 0.6 is 19.7 Å². The van der Waals surface area contributed by atoms with Crippen LogP contribution in [0.2, 0.25) is 0 Å². The van der Waals surface area contributed by atoms with Gasteiger partial charge in [0.05, 0.1) is 13.2 Å². The highest BCUT2D eigenvalue weighted by atomic mass is 32.1. The second-order valence-electron chi connectivity index (χ2n) is 4.75. The molecule has 24 heavy (non-hydrogen) atoms. The van der Waals surface area contributed by atoms with E-state index < -0.39 is 20.3 Å². The average Bonchev–Trinajstić information content (AvgIpc) is 3.02. The Morgan fingerprint density at radius 1 is 1.33 bits per heavy atom. The van der Waals surface area contributed by atoms with Gasteiger partial charge in [-0.05, 0) is 43.0 Å². The van der Waals surface area contributed by atoms with E-state index in [1.54, 1.807) is 24.3 Å². The quantitative estimate of drug-likeness (QED) is 0.328. The Balaban J connectivity index is 2.23. The molecule has 1 aromatic heterocycles. The largest absolute Gasteiger partial charge is 0.457 e. The average molecular weight is 370 g/mol. The number of rotatable bonds is 9. The zero-order valence-electron chi connectivity index (χ0n) is 13.7. The summed E-state index contributed by atoms with van der Waals surface area (Å²) in [6, 6.07) is 6.95. The number of hydrogen-bond donors (Lipinski definition) is 0. The first kappa shape index (κ1) is 19.0. The second-order valence-corrected chi connectivity index (χ2v) is 7.38. The molecule has 0 radical (unpaired) electrons. The molecule has 4 nitrogen and oxygen atoms in total. The van der Waals surface area contributed by atoms with Crippen molar-refractivity contribution in [3.05, 3.63) is 47.4 Å². The van der Waals surface area contributed by atoms with Crippen LogP contribution in [0.5, 0.6) is 0 Å². The molecule has 0 saturated carbocycles. The van der Waals surface area contributed by atoms with Crippen molar-refractivity contribution in [3.63, 3.8) is 0 Å². The maximum Gasteiger partial charge on any atom is 0.348 e. The highest BCUT2D eigenvalue weighted by Crippen LogP contribution is 2.54. The van der Waals surface area contributed by atoms with Crippen LogP contribution in [0.25, 0.3) is 10.1 Å². The topological polar surface area (TPSA) is 44.8 Å². The predicted octanol–water partition coefficient (Wildman–Crippen LogP) is 5.60. The van der Waals surface area contributed by atoms with E-state index in [0.717, 1.165) is 10.1 Å². The van der Waals surface area contributed by atoms with Gasteiger partial charge < -0.3 is 13.8 Å². The minimum Gasteiger partial charge on any atom is -0.457 e. The molecule has 0 aliphatic rings. The lowest BCUT2D eigenvalue weighted by atomic mass is 10.2. The van der Waals surface area contributed by atoms with Crippen molar-refractivity contribution in [2.24, 2.45) is 0 Å². The summed E-state index contributed by atoms with van der Waals surface area (Å²) in [5.41, 5.74) is 0.485. The second kappa shape index (κ2) is 9.23. The van der Waals surface area contributed by atoms with E-state index in [9.17, 15) is 9.18 Å². The number of benzene rings is 1. The van der Waals surface area contributed by atoms with Crippen molar-refractivity contribution in [2.45, 2.75) is 19.8 Å². The van der Waals surface area contributed by atoms with Gasteiger partial charge in [0.2, 0.25) is 8.38 Å². The number of esters is 1.